The first kappa shape index (κ1) is 15.7. The maximum absolute atomic E-state index is 12.6. The van der Waals surface area contributed by atoms with E-state index < -0.39 is 0 Å². The van der Waals surface area contributed by atoms with E-state index in [2.05, 4.69) is 14.9 Å². The molecule has 8 heteroatoms. The number of aromatic nitrogens is 2. The molecule has 0 aliphatic carbocycles. The summed E-state index contributed by atoms with van der Waals surface area (Å²) in [6.45, 7) is 6.86. The molecular weight excluding hydrogens is 298 g/mol. The number of aryl methyl sites for hydroxylation is 1. The average Bonchev–Trinajstić information content (AvgIpc) is 2.61. The van der Waals surface area contributed by atoms with Gasteiger partial charge in [-0.15, -0.1) is 0 Å². The Morgan fingerprint density at radius 3 is 2.48 bits per heavy atom. The fourth-order valence-corrected chi connectivity index (χ4v) is 2.81. The van der Waals surface area contributed by atoms with Gasteiger partial charge in [-0.2, -0.15) is 0 Å². The minimum atomic E-state index is -0.0772. The van der Waals surface area contributed by atoms with Crippen molar-refractivity contribution >= 4 is 18.1 Å². The van der Waals surface area contributed by atoms with Crippen LogP contribution in [-0.4, -0.2) is 84.6 Å². The minimum Gasteiger partial charge on any atom is -0.378 e. The van der Waals surface area contributed by atoms with Crippen LogP contribution in [-0.2, 0) is 9.53 Å². The van der Waals surface area contributed by atoms with E-state index in [4.69, 9.17) is 4.74 Å². The monoisotopic (exact) mass is 319 g/mol. The highest BCUT2D eigenvalue weighted by molar-refractivity contribution is 5.93. The lowest BCUT2D eigenvalue weighted by Gasteiger charge is -2.33. The van der Waals surface area contributed by atoms with Crippen LogP contribution in [0.25, 0.3) is 0 Å². The van der Waals surface area contributed by atoms with Crippen molar-refractivity contribution in [2.45, 2.75) is 6.92 Å². The fourth-order valence-electron chi connectivity index (χ4n) is 2.81. The summed E-state index contributed by atoms with van der Waals surface area (Å²) in [5, 5.41) is 0. The number of nitrogens with zero attached hydrogens (tertiary/aromatic N) is 5. The van der Waals surface area contributed by atoms with Crippen molar-refractivity contribution < 1.29 is 14.3 Å². The molecule has 124 valence electrons. The average molecular weight is 319 g/mol. The summed E-state index contributed by atoms with van der Waals surface area (Å²) in [6.07, 6.45) is 0.871. The zero-order valence-corrected chi connectivity index (χ0v) is 13.3. The number of morpholine rings is 1. The highest BCUT2D eigenvalue weighted by atomic mass is 16.5. The molecule has 3 heterocycles. The molecule has 1 aromatic heterocycles. The Morgan fingerprint density at radius 2 is 1.83 bits per heavy atom. The van der Waals surface area contributed by atoms with Crippen molar-refractivity contribution in [3.05, 3.63) is 17.6 Å². The molecule has 1 aromatic rings. The number of hydrogen-bond donors (Lipinski definition) is 0. The largest absolute Gasteiger partial charge is 0.378 e. The SMILES string of the molecule is Cc1nc(C(=O)N2CCOCC2)cc(N2CCN(C=O)CC2)n1. The second-order valence-electron chi connectivity index (χ2n) is 5.69. The summed E-state index contributed by atoms with van der Waals surface area (Å²) in [6, 6.07) is 1.75. The van der Waals surface area contributed by atoms with Gasteiger partial charge in [0.05, 0.1) is 13.2 Å². The van der Waals surface area contributed by atoms with Gasteiger partial charge in [-0.25, -0.2) is 9.97 Å². The van der Waals surface area contributed by atoms with Crippen molar-refractivity contribution in [3.63, 3.8) is 0 Å². The Balaban J connectivity index is 1.76. The van der Waals surface area contributed by atoms with E-state index in [1.165, 1.54) is 0 Å². The predicted octanol–water partition coefficient (Wildman–Crippen LogP) is -0.464. The maximum atomic E-state index is 12.6. The summed E-state index contributed by atoms with van der Waals surface area (Å²) >= 11 is 0. The van der Waals surface area contributed by atoms with E-state index in [-0.39, 0.29) is 5.91 Å². The maximum Gasteiger partial charge on any atom is 0.272 e. The first-order chi connectivity index (χ1) is 11.2. The van der Waals surface area contributed by atoms with Gasteiger partial charge in [0.1, 0.15) is 17.3 Å². The van der Waals surface area contributed by atoms with Gasteiger partial charge in [0.25, 0.3) is 5.91 Å². The number of carbonyl (C=O) groups excluding carboxylic acids is 2. The molecule has 8 nitrogen and oxygen atoms in total. The Hall–Kier alpha value is -2.22. The smallest absolute Gasteiger partial charge is 0.272 e. The third-order valence-electron chi connectivity index (χ3n) is 4.13. The molecule has 2 fully saturated rings. The van der Waals surface area contributed by atoms with Crippen molar-refractivity contribution in [2.24, 2.45) is 0 Å². The molecule has 0 bridgehead atoms. The zero-order chi connectivity index (χ0) is 16.2. The van der Waals surface area contributed by atoms with E-state index in [0.29, 0.717) is 64.0 Å². The van der Waals surface area contributed by atoms with E-state index in [1.54, 1.807) is 22.8 Å². The van der Waals surface area contributed by atoms with Crippen molar-refractivity contribution in [1.82, 2.24) is 19.8 Å². The van der Waals surface area contributed by atoms with E-state index in [9.17, 15) is 9.59 Å². The van der Waals surface area contributed by atoms with E-state index in [1.807, 2.05) is 0 Å². The molecule has 3 rings (SSSR count). The summed E-state index contributed by atoms with van der Waals surface area (Å²) < 4.78 is 5.28. The van der Waals surface area contributed by atoms with Crippen LogP contribution in [0.5, 0.6) is 0 Å². The lowest BCUT2D eigenvalue weighted by molar-refractivity contribution is -0.118. The summed E-state index contributed by atoms with van der Waals surface area (Å²) in [4.78, 5) is 37.7. The Labute approximate surface area is 135 Å². The van der Waals surface area contributed by atoms with Crippen LogP contribution >= 0.6 is 0 Å². The normalized spacial score (nSPS) is 18.9. The molecule has 0 radical (unpaired) electrons. The molecule has 2 aliphatic rings. The number of carbonyl (C=O) groups is 2. The lowest BCUT2D eigenvalue weighted by Crippen LogP contribution is -2.46. The molecule has 2 saturated heterocycles. The zero-order valence-electron chi connectivity index (χ0n) is 13.3. The molecule has 0 spiro atoms. The number of piperazine rings is 1. The Morgan fingerprint density at radius 1 is 1.13 bits per heavy atom. The van der Waals surface area contributed by atoms with Crippen LogP contribution in [0, 0.1) is 6.92 Å². The minimum absolute atomic E-state index is 0.0772. The van der Waals surface area contributed by atoms with E-state index in [0.717, 1.165) is 12.2 Å². The molecule has 0 aromatic carbocycles. The predicted molar refractivity (Wildman–Crippen MR) is 83.3 cm³/mol. The molecule has 0 N–H and O–H groups in total. The van der Waals surface area contributed by atoms with Gasteiger partial charge in [0.2, 0.25) is 6.41 Å². The Kier molecular flexibility index (Phi) is 4.71. The van der Waals surface area contributed by atoms with Crippen molar-refractivity contribution in [1.29, 1.82) is 0 Å². The highest BCUT2D eigenvalue weighted by Crippen LogP contribution is 2.16. The molecule has 2 amide bonds. The summed E-state index contributed by atoms with van der Waals surface area (Å²) in [5.41, 5.74) is 0.423. The first-order valence-corrected chi connectivity index (χ1v) is 7.84. The summed E-state index contributed by atoms with van der Waals surface area (Å²) in [7, 11) is 0. The number of anilines is 1. The topological polar surface area (TPSA) is 78.9 Å². The standard InChI is InChI=1S/C15H21N5O3/c1-12-16-13(15(22)20-6-8-23-9-7-20)10-14(17-12)19-4-2-18(11-21)3-5-19/h10-11H,2-9H2,1H3. The third-order valence-corrected chi connectivity index (χ3v) is 4.13. The summed E-state index contributed by atoms with van der Waals surface area (Å²) in [5.74, 6) is 1.25. The molecule has 0 unspecified atom stereocenters. The molecular formula is C15H21N5O3. The Bertz CT molecular complexity index is 580. The number of hydrogen-bond acceptors (Lipinski definition) is 6. The van der Waals surface area contributed by atoms with Gasteiger partial charge in [0, 0.05) is 45.3 Å². The second kappa shape index (κ2) is 6.91. The quantitative estimate of drug-likeness (QED) is 0.701. The molecule has 0 saturated carbocycles. The highest BCUT2D eigenvalue weighted by Gasteiger charge is 2.23. The van der Waals surface area contributed by atoms with Gasteiger partial charge in [-0.05, 0) is 6.92 Å². The van der Waals surface area contributed by atoms with Gasteiger partial charge in [-0.3, -0.25) is 9.59 Å². The van der Waals surface area contributed by atoms with Crippen molar-refractivity contribution in [2.75, 3.05) is 57.4 Å². The first-order valence-electron chi connectivity index (χ1n) is 7.84. The van der Waals surface area contributed by atoms with Crippen LogP contribution < -0.4 is 4.90 Å². The van der Waals surface area contributed by atoms with Crippen molar-refractivity contribution in [3.8, 4) is 0 Å². The van der Waals surface area contributed by atoms with Crippen LogP contribution in [0.3, 0.4) is 0 Å². The third kappa shape index (κ3) is 3.58. The number of amides is 2. The van der Waals surface area contributed by atoms with E-state index >= 15 is 0 Å². The van der Waals surface area contributed by atoms with Crippen LogP contribution in [0.4, 0.5) is 5.82 Å². The van der Waals surface area contributed by atoms with Gasteiger partial charge in [-0.1, -0.05) is 0 Å². The fraction of sp³-hybridized carbons (Fsp3) is 0.600. The second-order valence-corrected chi connectivity index (χ2v) is 5.69. The lowest BCUT2D eigenvalue weighted by atomic mass is 10.2. The number of ether oxygens (including phenoxy) is 1. The van der Waals surface area contributed by atoms with Gasteiger partial charge < -0.3 is 19.4 Å². The molecule has 0 atom stereocenters. The van der Waals surface area contributed by atoms with Gasteiger partial charge in [0.15, 0.2) is 0 Å². The van der Waals surface area contributed by atoms with Crippen LogP contribution in [0.15, 0.2) is 6.07 Å². The molecule has 23 heavy (non-hydrogen) atoms. The molecule has 2 aliphatic heterocycles. The van der Waals surface area contributed by atoms with Crippen LogP contribution in [0.1, 0.15) is 16.3 Å². The van der Waals surface area contributed by atoms with Gasteiger partial charge >= 0.3 is 0 Å². The number of rotatable bonds is 3. The van der Waals surface area contributed by atoms with Crippen LogP contribution in [0.2, 0.25) is 0 Å².